The van der Waals surface area contributed by atoms with Crippen LogP contribution >= 0.6 is 11.6 Å². The van der Waals surface area contributed by atoms with Gasteiger partial charge in [0.2, 0.25) is 10.0 Å². The van der Waals surface area contributed by atoms with E-state index >= 15 is 0 Å². The average Bonchev–Trinajstić information content (AvgIpc) is 2.66. The van der Waals surface area contributed by atoms with Gasteiger partial charge < -0.3 is 4.74 Å². The standard InChI is InChI=1S/C18H22ClN3O3S/c1-14-5-6-15(12-16(14)19)26(23,24)21-13-18(17-4-2-3-7-20-17)22-8-10-25-11-9-22/h2-7,12,18,21H,8-11,13H2,1H3/t18-/m1/s1. The van der Waals surface area contributed by atoms with Crippen molar-refractivity contribution in [2.75, 3.05) is 32.8 Å². The van der Waals surface area contributed by atoms with Crippen LogP contribution < -0.4 is 4.72 Å². The highest BCUT2D eigenvalue weighted by molar-refractivity contribution is 7.89. The Labute approximate surface area is 159 Å². The molecular weight excluding hydrogens is 374 g/mol. The number of ether oxygens (including phenoxy) is 1. The van der Waals surface area contributed by atoms with Crippen molar-refractivity contribution in [3.63, 3.8) is 0 Å². The van der Waals surface area contributed by atoms with Crippen molar-refractivity contribution in [3.05, 3.63) is 58.9 Å². The van der Waals surface area contributed by atoms with E-state index < -0.39 is 10.0 Å². The van der Waals surface area contributed by atoms with Crippen LogP contribution in [0.5, 0.6) is 0 Å². The van der Waals surface area contributed by atoms with Crippen LogP contribution in [0.25, 0.3) is 0 Å². The first-order valence-corrected chi connectivity index (χ1v) is 10.3. The summed E-state index contributed by atoms with van der Waals surface area (Å²) in [7, 11) is -3.66. The molecule has 0 spiro atoms. The predicted molar refractivity (Wildman–Crippen MR) is 101 cm³/mol. The molecule has 1 aliphatic rings. The van der Waals surface area contributed by atoms with Gasteiger partial charge >= 0.3 is 0 Å². The van der Waals surface area contributed by atoms with Crippen LogP contribution in [0.1, 0.15) is 17.3 Å². The maximum atomic E-state index is 12.7. The number of hydrogen-bond acceptors (Lipinski definition) is 5. The minimum absolute atomic E-state index is 0.157. The highest BCUT2D eigenvalue weighted by atomic mass is 35.5. The normalized spacial score (nSPS) is 17.2. The first kappa shape index (κ1) is 19.3. The summed E-state index contributed by atoms with van der Waals surface area (Å²) in [5.41, 5.74) is 1.67. The molecule has 0 unspecified atom stereocenters. The molecule has 0 amide bonds. The summed E-state index contributed by atoms with van der Waals surface area (Å²) < 4.78 is 33.5. The molecular formula is C18H22ClN3O3S. The summed E-state index contributed by atoms with van der Waals surface area (Å²) in [5.74, 6) is 0. The van der Waals surface area contributed by atoms with Crippen LogP contribution in [0.3, 0.4) is 0 Å². The molecule has 8 heteroatoms. The highest BCUT2D eigenvalue weighted by Gasteiger charge is 2.26. The largest absolute Gasteiger partial charge is 0.379 e. The summed E-state index contributed by atoms with van der Waals surface area (Å²) >= 11 is 6.08. The predicted octanol–water partition coefficient (Wildman–Crippen LogP) is 2.40. The molecule has 2 aromatic rings. The highest BCUT2D eigenvalue weighted by Crippen LogP contribution is 2.22. The van der Waals surface area contributed by atoms with Crippen molar-refractivity contribution in [2.24, 2.45) is 0 Å². The molecule has 0 aliphatic carbocycles. The molecule has 0 radical (unpaired) electrons. The molecule has 0 bridgehead atoms. The summed E-state index contributed by atoms with van der Waals surface area (Å²) in [4.78, 5) is 6.77. The van der Waals surface area contributed by atoms with Crippen molar-refractivity contribution in [2.45, 2.75) is 17.9 Å². The van der Waals surface area contributed by atoms with Gasteiger partial charge in [0.25, 0.3) is 0 Å². The second-order valence-corrected chi connectivity index (χ2v) is 8.36. The molecule has 1 aromatic heterocycles. The van der Waals surface area contributed by atoms with Crippen LogP contribution in [-0.4, -0.2) is 51.1 Å². The van der Waals surface area contributed by atoms with E-state index in [4.69, 9.17) is 16.3 Å². The van der Waals surface area contributed by atoms with E-state index in [9.17, 15) is 8.42 Å². The molecule has 1 N–H and O–H groups in total. The number of aryl methyl sites for hydroxylation is 1. The van der Waals surface area contributed by atoms with Gasteiger partial charge in [-0.15, -0.1) is 0 Å². The summed E-state index contributed by atoms with van der Waals surface area (Å²) in [5, 5.41) is 0.433. The maximum Gasteiger partial charge on any atom is 0.240 e. The molecule has 1 fully saturated rings. The van der Waals surface area contributed by atoms with E-state index in [1.54, 1.807) is 18.3 Å². The Morgan fingerprint density at radius 1 is 1.27 bits per heavy atom. The SMILES string of the molecule is Cc1ccc(S(=O)(=O)NC[C@H](c2ccccn2)N2CCOCC2)cc1Cl. The number of nitrogens with zero attached hydrogens (tertiary/aromatic N) is 2. The number of aromatic nitrogens is 1. The summed E-state index contributed by atoms with van der Waals surface area (Å²) in [6.07, 6.45) is 1.72. The minimum atomic E-state index is -3.66. The smallest absolute Gasteiger partial charge is 0.240 e. The van der Waals surface area contributed by atoms with Gasteiger partial charge in [-0.05, 0) is 36.8 Å². The van der Waals surface area contributed by atoms with Gasteiger partial charge in [0.1, 0.15) is 0 Å². The van der Waals surface area contributed by atoms with E-state index in [0.717, 1.165) is 24.3 Å². The van der Waals surface area contributed by atoms with E-state index in [-0.39, 0.29) is 17.5 Å². The third-order valence-electron chi connectivity index (χ3n) is 4.44. The molecule has 1 aliphatic heterocycles. The zero-order chi connectivity index (χ0) is 18.6. The van der Waals surface area contributed by atoms with E-state index in [1.807, 2.05) is 25.1 Å². The molecule has 2 heterocycles. The fourth-order valence-corrected chi connectivity index (χ4v) is 4.21. The van der Waals surface area contributed by atoms with E-state index in [1.165, 1.54) is 6.07 Å². The maximum absolute atomic E-state index is 12.7. The molecule has 140 valence electrons. The van der Waals surface area contributed by atoms with Crippen molar-refractivity contribution >= 4 is 21.6 Å². The van der Waals surface area contributed by atoms with E-state index in [2.05, 4.69) is 14.6 Å². The Hall–Kier alpha value is -1.51. The zero-order valence-corrected chi connectivity index (χ0v) is 16.1. The quantitative estimate of drug-likeness (QED) is 0.813. The Balaban J connectivity index is 1.79. The lowest BCUT2D eigenvalue weighted by atomic mass is 10.1. The molecule has 6 nitrogen and oxygen atoms in total. The van der Waals surface area contributed by atoms with Crippen LogP contribution in [0, 0.1) is 6.92 Å². The lowest BCUT2D eigenvalue weighted by Crippen LogP contribution is -2.44. The molecule has 1 atom stereocenters. The number of halogens is 1. The Morgan fingerprint density at radius 2 is 2.04 bits per heavy atom. The summed E-state index contributed by atoms with van der Waals surface area (Å²) in [6.45, 7) is 4.79. The Kier molecular flexibility index (Phi) is 6.26. The monoisotopic (exact) mass is 395 g/mol. The first-order valence-electron chi connectivity index (χ1n) is 8.46. The number of hydrogen-bond donors (Lipinski definition) is 1. The van der Waals surface area contributed by atoms with Gasteiger partial charge in [0.15, 0.2) is 0 Å². The van der Waals surface area contributed by atoms with Gasteiger partial charge in [-0.1, -0.05) is 23.7 Å². The van der Waals surface area contributed by atoms with Gasteiger partial charge in [-0.2, -0.15) is 0 Å². The third-order valence-corrected chi connectivity index (χ3v) is 6.26. The number of rotatable bonds is 6. The van der Waals surface area contributed by atoms with E-state index in [0.29, 0.717) is 18.2 Å². The first-order chi connectivity index (χ1) is 12.5. The zero-order valence-electron chi connectivity index (χ0n) is 14.6. The van der Waals surface area contributed by atoms with Gasteiger partial charge in [-0.3, -0.25) is 9.88 Å². The van der Waals surface area contributed by atoms with Crippen LogP contribution in [0.4, 0.5) is 0 Å². The number of benzene rings is 1. The van der Waals surface area contributed by atoms with Crippen LogP contribution in [0.15, 0.2) is 47.5 Å². The second-order valence-electron chi connectivity index (χ2n) is 6.18. The number of sulfonamides is 1. The topological polar surface area (TPSA) is 71.5 Å². The van der Waals surface area contributed by atoms with Gasteiger partial charge in [0.05, 0.1) is 29.8 Å². The van der Waals surface area contributed by atoms with Crippen molar-refractivity contribution in [1.82, 2.24) is 14.6 Å². The molecule has 0 saturated carbocycles. The molecule has 26 heavy (non-hydrogen) atoms. The van der Waals surface area contributed by atoms with Crippen molar-refractivity contribution in [1.29, 1.82) is 0 Å². The fraction of sp³-hybridized carbons (Fsp3) is 0.389. The van der Waals surface area contributed by atoms with Crippen LogP contribution in [-0.2, 0) is 14.8 Å². The lowest BCUT2D eigenvalue weighted by Gasteiger charge is -2.34. The second kappa shape index (κ2) is 8.45. The van der Waals surface area contributed by atoms with Crippen molar-refractivity contribution < 1.29 is 13.2 Å². The number of morpholine rings is 1. The number of nitrogens with one attached hydrogen (secondary N) is 1. The number of pyridine rings is 1. The minimum Gasteiger partial charge on any atom is -0.379 e. The Morgan fingerprint density at radius 3 is 2.69 bits per heavy atom. The molecule has 1 saturated heterocycles. The van der Waals surface area contributed by atoms with Crippen molar-refractivity contribution in [3.8, 4) is 0 Å². The fourth-order valence-electron chi connectivity index (χ4n) is 2.90. The van der Waals surface area contributed by atoms with Gasteiger partial charge in [-0.25, -0.2) is 13.1 Å². The average molecular weight is 396 g/mol. The van der Waals surface area contributed by atoms with Gasteiger partial charge in [0, 0.05) is 30.9 Å². The molecule has 1 aromatic carbocycles. The molecule has 3 rings (SSSR count). The Bertz CT molecular complexity index is 840. The summed E-state index contributed by atoms with van der Waals surface area (Å²) in [6, 6.07) is 10.3. The van der Waals surface area contributed by atoms with Crippen LogP contribution in [0.2, 0.25) is 5.02 Å². The lowest BCUT2D eigenvalue weighted by molar-refractivity contribution is 0.0163. The third kappa shape index (κ3) is 4.61.